The quantitative estimate of drug-likeness (QED) is 0.449. The van der Waals surface area contributed by atoms with E-state index in [2.05, 4.69) is 5.32 Å². The Morgan fingerprint density at radius 3 is 2.34 bits per heavy atom. The molecule has 0 aromatic heterocycles. The molecule has 35 heavy (non-hydrogen) atoms. The number of carbonyl (C=O) groups is 2. The molecule has 2 aromatic rings. The summed E-state index contributed by atoms with van der Waals surface area (Å²) in [6, 6.07) is 12.1. The molecule has 2 aromatic carbocycles. The highest BCUT2D eigenvalue weighted by molar-refractivity contribution is 7.92. The summed E-state index contributed by atoms with van der Waals surface area (Å²) in [6.07, 6.45) is 1.91. The fraction of sp³-hybridized carbons (Fsp3) is 0.440. The lowest BCUT2D eigenvalue weighted by Crippen LogP contribution is -2.47. The Bertz CT molecular complexity index is 1090. The molecule has 0 saturated heterocycles. The van der Waals surface area contributed by atoms with Gasteiger partial charge in [-0.25, -0.2) is 12.8 Å². The van der Waals surface area contributed by atoms with Crippen LogP contribution in [0.5, 0.6) is 5.75 Å². The molecule has 0 radical (unpaired) electrons. The summed E-state index contributed by atoms with van der Waals surface area (Å²) in [4.78, 5) is 27.3. The number of rotatable bonds is 13. The first-order valence-corrected chi connectivity index (χ1v) is 13.4. The Morgan fingerprint density at radius 1 is 1.11 bits per heavy atom. The normalized spacial score (nSPS) is 12.0. The molecule has 0 saturated carbocycles. The van der Waals surface area contributed by atoms with Gasteiger partial charge in [0.25, 0.3) is 0 Å². The molecule has 0 spiro atoms. The fourth-order valence-electron chi connectivity index (χ4n) is 3.54. The van der Waals surface area contributed by atoms with E-state index in [4.69, 9.17) is 4.74 Å². The topological polar surface area (TPSA) is 96.0 Å². The minimum absolute atomic E-state index is 0.0119. The number of sulfonamides is 1. The van der Waals surface area contributed by atoms with Crippen LogP contribution in [0.2, 0.25) is 0 Å². The van der Waals surface area contributed by atoms with Crippen LogP contribution in [-0.4, -0.2) is 57.6 Å². The molecule has 10 heteroatoms. The minimum Gasteiger partial charge on any atom is -0.497 e. The molecule has 0 aliphatic carbocycles. The summed E-state index contributed by atoms with van der Waals surface area (Å²) in [5.41, 5.74) is 0.753. The summed E-state index contributed by atoms with van der Waals surface area (Å²) >= 11 is 0. The first-order chi connectivity index (χ1) is 16.6. The van der Waals surface area contributed by atoms with Crippen molar-refractivity contribution in [2.75, 3.05) is 30.8 Å². The molecule has 0 fully saturated rings. The summed E-state index contributed by atoms with van der Waals surface area (Å²) in [7, 11) is -2.20. The predicted molar refractivity (Wildman–Crippen MR) is 134 cm³/mol. The van der Waals surface area contributed by atoms with Gasteiger partial charge in [0, 0.05) is 26.1 Å². The largest absolute Gasteiger partial charge is 0.497 e. The molecule has 1 N–H and O–H groups in total. The zero-order chi connectivity index (χ0) is 26.0. The first-order valence-electron chi connectivity index (χ1n) is 11.5. The second kappa shape index (κ2) is 13.1. The van der Waals surface area contributed by atoms with Crippen LogP contribution in [0.15, 0.2) is 48.5 Å². The number of hydrogen-bond acceptors (Lipinski definition) is 5. The Kier molecular flexibility index (Phi) is 10.5. The van der Waals surface area contributed by atoms with Gasteiger partial charge in [-0.3, -0.25) is 13.9 Å². The van der Waals surface area contributed by atoms with Crippen molar-refractivity contribution in [2.45, 2.75) is 45.7 Å². The van der Waals surface area contributed by atoms with Crippen LogP contribution in [0.25, 0.3) is 0 Å². The lowest BCUT2D eigenvalue weighted by molar-refractivity contribution is -0.140. The molecule has 1 atom stereocenters. The van der Waals surface area contributed by atoms with E-state index in [1.165, 1.54) is 23.1 Å². The van der Waals surface area contributed by atoms with Gasteiger partial charge in [0.1, 0.15) is 17.6 Å². The molecule has 8 nitrogen and oxygen atoms in total. The monoisotopic (exact) mass is 507 g/mol. The van der Waals surface area contributed by atoms with Crippen molar-refractivity contribution in [3.8, 4) is 5.75 Å². The van der Waals surface area contributed by atoms with Crippen molar-refractivity contribution in [3.63, 3.8) is 0 Å². The van der Waals surface area contributed by atoms with Crippen LogP contribution in [-0.2, 0) is 26.2 Å². The van der Waals surface area contributed by atoms with Gasteiger partial charge in [-0.1, -0.05) is 31.2 Å². The summed E-state index contributed by atoms with van der Waals surface area (Å²) in [5, 5.41) is 2.81. The second-order valence-corrected chi connectivity index (χ2v) is 10.1. The van der Waals surface area contributed by atoms with Crippen molar-refractivity contribution in [1.82, 2.24) is 10.2 Å². The van der Waals surface area contributed by atoms with Crippen molar-refractivity contribution in [1.29, 1.82) is 0 Å². The Balaban J connectivity index is 2.16. The highest BCUT2D eigenvalue weighted by atomic mass is 32.2. The fourth-order valence-corrected chi connectivity index (χ4v) is 4.51. The summed E-state index contributed by atoms with van der Waals surface area (Å²) in [5.74, 6) is -0.555. The third-order valence-corrected chi connectivity index (χ3v) is 6.68. The number of ether oxygens (including phenoxy) is 1. The van der Waals surface area contributed by atoms with E-state index < -0.39 is 21.9 Å². The maximum absolute atomic E-state index is 14.2. The van der Waals surface area contributed by atoms with Gasteiger partial charge < -0.3 is 15.0 Å². The molecule has 0 aliphatic heterocycles. The highest BCUT2D eigenvalue weighted by Gasteiger charge is 2.27. The van der Waals surface area contributed by atoms with Crippen LogP contribution >= 0.6 is 0 Å². The third-order valence-electron chi connectivity index (χ3n) is 5.50. The van der Waals surface area contributed by atoms with E-state index in [0.717, 1.165) is 22.5 Å². The molecular formula is C25H34FN3O5S. The number of hydrogen-bond donors (Lipinski definition) is 1. The van der Waals surface area contributed by atoms with Gasteiger partial charge in [0.15, 0.2) is 0 Å². The average Bonchev–Trinajstić information content (AvgIpc) is 2.83. The molecule has 0 aliphatic rings. The number of amides is 2. The summed E-state index contributed by atoms with van der Waals surface area (Å²) in [6.45, 7) is 4.23. The van der Waals surface area contributed by atoms with Crippen LogP contribution in [0.4, 0.5) is 10.1 Å². The maximum Gasteiger partial charge on any atom is 0.242 e. The lowest BCUT2D eigenvalue weighted by Gasteiger charge is -2.29. The molecule has 0 bridgehead atoms. The SMILES string of the molecule is CCCNC(=O)C(C)N(Cc1ccc(OC)cc1)C(=O)CCCN(c1ccccc1F)S(C)(=O)=O. The van der Waals surface area contributed by atoms with Crippen LogP contribution in [0, 0.1) is 5.82 Å². The second-order valence-electron chi connectivity index (χ2n) is 8.23. The van der Waals surface area contributed by atoms with Gasteiger partial charge in [-0.05, 0) is 49.6 Å². The van der Waals surface area contributed by atoms with E-state index in [0.29, 0.717) is 12.3 Å². The van der Waals surface area contributed by atoms with Gasteiger partial charge in [0.05, 0.1) is 19.1 Å². The van der Waals surface area contributed by atoms with Gasteiger partial charge in [0.2, 0.25) is 21.8 Å². The molecule has 2 rings (SSSR count). The first kappa shape index (κ1) is 28.1. The molecule has 1 unspecified atom stereocenters. The predicted octanol–water partition coefficient (Wildman–Crippen LogP) is 3.32. The number of methoxy groups -OCH3 is 1. The Morgan fingerprint density at radius 2 is 1.77 bits per heavy atom. The van der Waals surface area contributed by atoms with Crippen molar-refractivity contribution >= 4 is 27.5 Å². The number of anilines is 1. The third kappa shape index (κ3) is 8.24. The van der Waals surface area contributed by atoms with Crippen LogP contribution < -0.4 is 14.4 Å². The number of para-hydroxylation sites is 1. The summed E-state index contributed by atoms with van der Waals surface area (Å²) < 4.78 is 44.9. The number of nitrogens with one attached hydrogen (secondary N) is 1. The highest BCUT2D eigenvalue weighted by Crippen LogP contribution is 2.22. The maximum atomic E-state index is 14.2. The van der Waals surface area contributed by atoms with E-state index in [-0.39, 0.29) is 43.4 Å². The standard InChI is InChI=1S/C25H34FN3O5S/c1-5-16-27-25(31)19(2)28(18-20-12-14-21(34-3)15-13-20)24(30)11-8-17-29(35(4,32)33)23-10-7-6-9-22(23)26/h6-7,9-10,12-15,19H,5,8,11,16-18H2,1-4H3,(H,27,31). The molecule has 0 heterocycles. The zero-order valence-corrected chi connectivity index (χ0v) is 21.5. The minimum atomic E-state index is -3.76. The van der Waals surface area contributed by atoms with Crippen LogP contribution in [0.1, 0.15) is 38.7 Å². The lowest BCUT2D eigenvalue weighted by atomic mass is 10.1. The van der Waals surface area contributed by atoms with Gasteiger partial charge in [-0.2, -0.15) is 0 Å². The van der Waals surface area contributed by atoms with E-state index >= 15 is 0 Å². The van der Waals surface area contributed by atoms with E-state index in [1.54, 1.807) is 32.2 Å². The van der Waals surface area contributed by atoms with Crippen molar-refractivity contribution < 1.29 is 27.1 Å². The van der Waals surface area contributed by atoms with E-state index in [9.17, 15) is 22.4 Å². The number of nitrogens with zero attached hydrogens (tertiary/aromatic N) is 2. The van der Waals surface area contributed by atoms with Crippen molar-refractivity contribution in [2.24, 2.45) is 0 Å². The average molecular weight is 508 g/mol. The molecule has 192 valence electrons. The molecule has 2 amide bonds. The zero-order valence-electron chi connectivity index (χ0n) is 20.7. The number of halogens is 1. The molecular weight excluding hydrogens is 473 g/mol. The Labute approximate surface area is 207 Å². The van der Waals surface area contributed by atoms with E-state index in [1.807, 2.05) is 19.1 Å². The smallest absolute Gasteiger partial charge is 0.242 e. The van der Waals surface area contributed by atoms with Gasteiger partial charge in [-0.15, -0.1) is 0 Å². The Hall–Kier alpha value is -3.14. The van der Waals surface area contributed by atoms with Gasteiger partial charge >= 0.3 is 0 Å². The number of benzene rings is 2. The van der Waals surface area contributed by atoms with Crippen LogP contribution in [0.3, 0.4) is 0 Å². The number of carbonyl (C=O) groups excluding carboxylic acids is 2. The van der Waals surface area contributed by atoms with Crippen molar-refractivity contribution in [3.05, 3.63) is 59.9 Å².